The standard InChI is InChI=1S/C14H20FN5S/c1-19(2)8-9-21-14-18-17-13(20(14)3)10-16-12-6-4-11(15)5-7-12/h4-7,16H,8-10H2,1-3H3. The fourth-order valence-electron chi connectivity index (χ4n) is 1.69. The number of benzene rings is 1. The van der Waals surface area contributed by atoms with Crippen LogP contribution in [0.1, 0.15) is 5.82 Å². The van der Waals surface area contributed by atoms with Crippen molar-refractivity contribution < 1.29 is 4.39 Å². The van der Waals surface area contributed by atoms with Crippen LogP contribution in [-0.2, 0) is 13.6 Å². The van der Waals surface area contributed by atoms with Crippen LogP contribution in [0.4, 0.5) is 10.1 Å². The van der Waals surface area contributed by atoms with Gasteiger partial charge in [-0.3, -0.25) is 0 Å². The van der Waals surface area contributed by atoms with Gasteiger partial charge in [0.15, 0.2) is 11.0 Å². The quantitative estimate of drug-likeness (QED) is 0.795. The Balaban J connectivity index is 1.89. The topological polar surface area (TPSA) is 46.0 Å². The van der Waals surface area contributed by atoms with Crippen LogP contribution in [0.2, 0.25) is 0 Å². The second kappa shape index (κ2) is 7.42. The van der Waals surface area contributed by atoms with Crippen LogP contribution in [0.3, 0.4) is 0 Å². The van der Waals surface area contributed by atoms with Crippen molar-refractivity contribution in [3.05, 3.63) is 35.9 Å². The zero-order chi connectivity index (χ0) is 15.2. The molecule has 0 atom stereocenters. The van der Waals surface area contributed by atoms with Gasteiger partial charge < -0.3 is 14.8 Å². The first kappa shape index (κ1) is 15.8. The molecule has 5 nitrogen and oxygen atoms in total. The molecular formula is C14H20FN5S. The molecule has 7 heteroatoms. The summed E-state index contributed by atoms with van der Waals surface area (Å²) >= 11 is 1.69. The van der Waals surface area contributed by atoms with Crippen molar-refractivity contribution in [2.45, 2.75) is 11.7 Å². The Morgan fingerprint density at radius 1 is 1.24 bits per heavy atom. The third kappa shape index (κ3) is 4.71. The summed E-state index contributed by atoms with van der Waals surface area (Å²) in [5.41, 5.74) is 0.862. The summed E-state index contributed by atoms with van der Waals surface area (Å²) in [5.74, 6) is 1.59. The van der Waals surface area contributed by atoms with E-state index in [4.69, 9.17) is 0 Å². The van der Waals surface area contributed by atoms with Crippen LogP contribution in [0.25, 0.3) is 0 Å². The lowest BCUT2D eigenvalue weighted by Gasteiger charge is -2.09. The van der Waals surface area contributed by atoms with Crippen molar-refractivity contribution in [3.63, 3.8) is 0 Å². The molecule has 1 N–H and O–H groups in total. The predicted octanol–water partition coefficient (Wildman–Crippen LogP) is 2.22. The van der Waals surface area contributed by atoms with E-state index in [2.05, 4.69) is 34.5 Å². The fraction of sp³-hybridized carbons (Fsp3) is 0.429. The Labute approximate surface area is 128 Å². The lowest BCUT2D eigenvalue weighted by molar-refractivity contribution is 0.437. The van der Waals surface area contributed by atoms with Crippen molar-refractivity contribution in [1.29, 1.82) is 0 Å². The number of hydrogen-bond donors (Lipinski definition) is 1. The molecule has 0 fully saturated rings. The smallest absolute Gasteiger partial charge is 0.191 e. The maximum atomic E-state index is 12.8. The molecule has 114 valence electrons. The van der Waals surface area contributed by atoms with Crippen LogP contribution in [0, 0.1) is 5.82 Å². The largest absolute Gasteiger partial charge is 0.378 e. The summed E-state index contributed by atoms with van der Waals surface area (Å²) in [6.07, 6.45) is 0. The van der Waals surface area contributed by atoms with E-state index in [1.54, 1.807) is 23.9 Å². The number of anilines is 1. The van der Waals surface area contributed by atoms with E-state index < -0.39 is 0 Å². The van der Waals surface area contributed by atoms with Gasteiger partial charge in [0.1, 0.15) is 5.82 Å². The molecule has 2 rings (SSSR count). The third-order valence-corrected chi connectivity index (χ3v) is 3.99. The number of nitrogens with one attached hydrogen (secondary N) is 1. The zero-order valence-corrected chi connectivity index (χ0v) is 13.3. The third-order valence-electron chi connectivity index (χ3n) is 2.99. The molecule has 21 heavy (non-hydrogen) atoms. The van der Waals surface area contributed by atoms with Gasteiger partial charge in [0.25, 0.3) is 0 Å². The van der Waals surface area contributed by atoms with E-state index in [9.17, 15) is 4.39 Å². The van der Waals surface area contributed by atoms with E-state index in [0.717, 1.165) is 29.0 Å². The van der Waals surface area contributed by atoms with Crippen LogP contribution < -0.4 is 5.32 Å². The van der Waals surface area contributed by atoms with E-state index in [1.165, 1.54) is 12.1 Å². The lowest BCUT2D eigenvalue weighted by atomic mass is 10.3. The summed E-state index contributed by atoms with van der Waals surface area (Å²) < 4.78 is 14.8. The predicted molar refractivity (Wildman–Crippen MR) is 84.0 cm³/mol. The summed E-state index contributed by atoms with van der Waals surface area (Å²) in [5, 5.41) is 12.5. The summed E-state index contributed by atoms with van der Waals surface area (Å²) in [6.45, 7) is 1.56. The average molecular weight is 309 g/mol. The first-order chi connectivity index (χ1) is 10.1. The second-order valence-electron chi connectivity index (χ2n) is 4.97. The minimum Gasteiger partial charge on any atom is -0.378 e. The molecule has 0 bridgehead atoms. The molecule has 0 amide bonds. The zero-order valence-electron chi connectivity index (χ0n) is 12.5. The molecular weight excluding hydrogens is 289 g/mol. The van der Waals surface area contributed by atoms with Gasteiger partial charge in [-0.1, -0.05) is 11.8 Å². The maximum Gasteiger partial charge on any atom is 0.191 e. The van der Waals surface area contributed by atoms with Gasteiger partial charge in [-0.05, 0) is 38.4 Å². The summed E-state index contributed by atoms with van der Waals surface area (Å²) in [6, 6.07) is 6.28. The first-order valence-electron chi connectivity index (χ1n) is 6.71. The van der Waals surface area contributed by atoms with E-state index in [1.807, 2.05) is 11.6 Å². The highest BCUT2D eigenvalue weighted by Gasteiger charge is 2.09. The van der Waals surface area contributed by atoms with Crippen molar-refractivity contribution in [2.75, 3.05) is 31.7 Å². The van der Waals surface area contributed by atoms with Crippen LogP contribution >= 0.6 is 11.8 Å². The van der Waals surface area contributed by atoms with Gasteiger partial charge >= 0.3 is 0 Å². The van der Waals surface area contributed by atoms with Gasteiger partial charge in [-0.15, -0.1) is 10.2 Å². The molecule has 0 saturated heterocycles. The highest BCUT2D eigenvalue weighted by Crippen LogP contribution is 2.16. The van der Waals surface area contributed by atoms with Crippen molar-refractivity contribution in [3.8, 4) is 0 Å². The summed E-state index contributed by atoms with van der Waals surface area (Å²) in [7, 11) is 6.06. The molecule has 1 heterocycles. The van der Waals surface area contributed by atoms with Gasteiger partial charge in [0.05, 0.1) is 6.54 Å². The van der Waals surface area contributed by atoms with Crippen molar-refractivity contribution in [1.82, 2.24) is 19.7 Å². The number of rotatable bonds is 7. The summed E-state index contributed by atoms with van der Waals surface area (Å²) in [4.78, 5) is 2.14. The highest BCUT2D eigenvalue weighted by molar-refractivity contribution is 7.99. The molecule has 0 aliphatic rings. The second-order valence-corrected chi connectivity index (χ2v) is 6.03. The Morgan fingerprint density at radius 2 is 1.95 bits per heavy atom. The minimum absolute atomic E-state index is 0.237. The Morgan fingerprint density at radius 3 is 2.62 bits per heavy atom. The Bertz CT molecular complexity index is 567. The lowest BCUT2D eigenvalue weighted by Crippen LogP contribution is -2.15. The fourth-order valence-corrected chi connectivity index (χ4v) is 2.73. The monoisotopic (exact) mass is 309 g/mol. The molecule has 1 aromatic heterocycles. The van der Waals surface area contributed by atoms with Gasteiger partial charge in [-0.2, -0.15) is 0 Å². The molecule has 0 spiro atoms. The van der Waals surface area contributed by atoms with Crippen molar-refractivity contribution >= 4 is 17.4 Å². The maximum absolute atomic E-state index is 12.8. The molecule has 0 unspecified atom stereocenters. The van der Waals surface area contributed by atoms with E-state index in [0.29, 0.717) is 6.54 Å². The number of halogens is 1. The van der Waals surface area contributed by atoms with Gasteiger partial charge in [0, 0.05) is 25.0 Å². The SMILES string of the molecule is CN(C)CCSc1nnc(CNc2ccc(F)cc2)n1C. The van der Waals surface area contributed by atoms with Crippen LogP contribution in [-0.4, -0.2) is 46.1 Å². The molecule has 0 saturated carbocycles. The Hall–Kier alpha value is -1.60. The molecule has 1 aromatic carbocycles. The highest BCUT2D eigenvalue weighted by atomic mass is 32.2. The molecule has 0 aliphatic carbocycles. The van der Waals surface area contributed by atoms with E-state index in [-0.39, 0.29) is 5.82 Å². The average Bonchev–Trinajstić information content (AvgIpc) is 2.79. The first-order valence-corrected chi connectivity index (χ1v) is 7.70. The number of aromatic nitrogens is 3. The van der Waals surface area contributed by atoms with E-state index >= 15 is 0 Å². The van der Waals surface area contributed by atoms with Crippen LogP contribution in [0.15, 0.2) is 29.4 Å². The normalized spacial score (nSPS) is 11.1. The molecule has 0 aliphatic heterocycles. The van der Waals surface area contributed by atoms with Gasteiger partial charge in [0.2, 0.25) is 0 Å². The minimum atomic E-state index is -0.237. The number of nitrogens with zero attached hydrogens (tertiary/aromatic N) is 4. The molecule has 0 radical (unpaired) electrons. The Kier molecular flexibility index (Phi) is 5.58. The molecule has 2 aromatic rings. The van der Waals surface area contributed by atoms with Crippen molar-refractivity contribution in [2.24, 2.45) is 7.05 Å². The number of hydrogen-bond acceptors (Lipinski definition) is 5. The van der Waals surface area contributed by atoms with Crippen LogP contribution in [0.5, 0.6) is 0 Å². The number of thioether (sulfide) groups is 1. The van der Waals surface area contributed by atoms with Gasteiger partial charge in [-0.25, -0.2) is 4.39 Å².